The van der Waals surface area contributed by atoms with Crippen LogP contribution in [0.2, 0.25) is 0 Å². The topological polar surface area (TPSA) is 6.48 Å². The zero-order chi connectivity index (χ0) is 19.2. The molecule has 27 heavy (non-hydrogen) atoms. The molecule has 148 valence electrons. The van der Waals surface area contributed by atoms with E-state index in [2.05, 4.69) is 74.8 Å². The fourth-order valence-electron chi connectivity index (χ4n) is 6.23. The van der Waals surface area contributed by atoms with Crippen molar-refractivity contribution in [2.24, 2.45) is 10.8 Å². The Bertz CT molecular complexity index is 715. The lowest BCUT2D eigenvalue weighted by Gasteiger charge is -2.41. The molecule has 0 amide bonds. The van der Waals surface area contributed by atoms with Gasteiger partial charge in [0, 0.05) is 36.4 Å². The number of nitrogens with zero attached hydrogens (tertiary/aromatic N) is 2. The maximum atomic E-state index is 2.75. The molecule has 2 fully saturated rings. The van der Waals surface area contributed by atoms with Gasteiger partial charge in [0.05, 0.1) is 0 Å². The van der Waals surface area contributed by atoms with Crippen LogP contribution in [0.4, 0.5) is 5.69 Å². The fourth-order valence-corrected chi connectivity index (χ4v) is 6.23. The molecule has 2 atom stereocenters. The number of piperazine rings is 1. The number of unbranched alkanes of at least 4 members (excludes halogenated alkanes) is 1. The molecule has 0 aromatic heterocycles. The number of hydrogen-bond donors (Lipinski definition) is 0. The molecule has 3 aliphatic rings. The van der Waals surface area contributed by atoms with E-state index in [1.54, 1.807) is 5.57 Å². The van der Waals surface area contributed by atoms with E-state index in [1.165, 1.54) is 63.0 Å². The molecule has 2 unspecified atom stereocenters. The van der Waals surface area contributed by atoms with Crippen LogP contribution in [0.15, 0.2) is 30.3 Å². The van der Waals surface area contributed by atoms with Crippen molar-refractivity contribution in [1.29, 1.82) is 0 Å². The monoisotopic (exact) mass is 366 g/mol. The molecule has 4 rings (SSSR count). The molecule has 2 aliphatic heterocycles. The standard InChI is InChI=1S/C25H38N2/c1-6-7-12-26-16-21-13-20(26)17-27(21)23-11-9-8-10-22(23)19-14-24(2,3)18-25(4,5)15-19/h8-11,14,20-21H,6-7,12-13,15-18H2,1-5H3. The predicted molar refractivity (Wildman–Crippen MR) is 117 cm³/mol. The molecule has 1 aliphatic carbocycles. The van der Waals surface area contributed by atoms with Crippen molar-refractivity contribution in [2.45, 2.75) is 78.8 Å². The number of hydrogen-bond acceptors (Lipinski definition) is 2. The third-order valence-corrected chi connectivity index (χ3v) is 6.88. The first-order valence-electron chi connectivity index (χ1n) is 11.1. The summed E-state index contributed by atoms with van der Waals surface area (Å²) in [6.07, 6.45) is 9.04. The first-order valence-corrected chi connectivity index (χ1v) is 11.1. The number of rotatable bonds is 5. The fraction of sp³-hybridized carbons (Fsp3) is 0.680. The van der Waals surface area contributed by atoms with Crippen molar-refractivity contribution < 1.29 is 0 Å². The van der Waals surface area contributed by atoms with Gasteiger partial charge in [-0.25, -0.2) is 0 Å². The highest BCUT2D eigenvalue weighted by Gasteiger charge is 2.43. The van der Waals surface area contributed by atoms with E-state index in [0.717, 1.165) is 6.04 Å². The van der Waals surface area contributed by atoms with Gasteiger partial charge in [-0.05, 0) is 54.7 Å². The minimum absolute atomic E-state index is 0.283. The molecule has 0 spiro atoms. The second-order valence-corrected chi connectivity index (χ2v) is 10.7. The average Bonchev–Trinajstić information content (AvgIpc) is 3.17. The Morgan fingerprint density at radius 3 is 2.48 bits per heavy atom. The van der Waals surface area contributed by atoms with E-state index < -0.39 is 0 Å². The van der Waals surface area contributed by atoms with Crippen molar-refractivity contribution in [3.63, 3.8) is 0 Å². The second kappa shape index (κ2) is 6.95. The summed E-state index contributed by atoms with van der Waals surface area (Å²) in [5, 5.41) is 0. The van der Waals surface area contributed by atoms with Crippen molar-refractivity contribution in [3.8, 4) is 0 Å². The molecule has 2 bridgehead atoms. The minimum atomic E-state index is 0.283. The maximum absolute atomic E-state index is 2.75. The Morgan fingerprint density at radius 1 is 1.04 bits per heavy atom. The molecule has 2 nitrogen and oxygen atoms in total. The van der Waals surface area contributed by atoms with Crippen LogP contribution < -0.4 is 4.90 Å². The number of likely N-dealkylation sites (tertiary alicyclic amines) is 1. The van der Waals surface area contributed by atoms with Gasteiger partial charge in [-0.2, -0.15) is 0 Å². The predicted octanol–water partition coefficient (Wildman–Crippen LogP) is 5.98. The third kappa shape index (κ3) is 3.83. The zero-order valence-corrected chi connectivity index (χ0v) is 18.1. The summed E-state index contributed by atoms with van der Waals surface area (Å²) < 4.78 is 0. The summed E-state index contributed by atoms with van der Waals surface area (Å²) in [6.45, 7) is 15.8. The largest absolute Gasteiger partial charge is 0.365 e. The van der Waals surface area contributed by atoms with E-state index in [9.17, 15) is 0 Å². The Morgan fingerprint density at radius 2 is 1.81 bits per heavy atom. The summed E-state index contributed by atoms with van der Waals surface area (Å²) in [5.74, 6) is 0. The van der Waals surface area contributed by atoms with E-state index in [-0.39, 0.29) is 5.41 Å². The molecular weight excluding hydrogens is 328 g/mol. The molecule has 0 radical (unpaired) electrons. The van der Waals surface area contributed by atoms with E-state index >= 15 is 0 Å². The van der Waals surface area contributed by atoms with Gasteiger partial charge in [0.15, 0.2) is 0 Å². The highest BCUT2D eigenvalue weighted by atomic mass is 15.3. The SMILES string of the molecule is CCCCN1CC2CC1CN2c1ccccc1C1=CC(C)(C)CC(C)(C)C1. The maximum Gasteiger partial charge on any atom is 0.0446 e. The molecule has 2 heterocycles. The van der Waals surface area contributed by atoms with Crippen LogP contribution in [0.3, 0.4) is 0 Å². The Balaban J connectivity index is 1.60. The van der Waals surface area contributed by atoms with Crippen LogP contribution in [-0.4, -0.2) is 36.6 Å². The Labute approximate surface area is 166 Å². The number of benzene rings is 1. The van der Waals surface area contributed by atoms with Crippen LogP contribution in [0, 0.1) is 10.8 Å². The van der Waals surface area contributed by atoms with Crippen LogP contribution >= 0.6 is 0 Å². The third-order valence-electron chi connectivity index (χ3n) is 6.88. The normalized spacial score (nSPS) is 29.2. The zero-order valence-electron chi connectivity index (χ0n) is 18.1. The Kier molecular flexibility index (Phi) is 4.91. The first-order chi connectivity index (χ1) is 12.8. The Hall–Kier alpha value is -1.28. The summed E-state index contributed by atoms with van der Waals surface area (Å²) in [6, 6.07) is 10.7. The van der Waals surface area contributed by atoms with Crippen LogP contribution in [-0.2, 0) is 0 Å². The van der Waals surface area contributed by atoms with Crippen LogP contribution in [0.1, 0.15) is 72.3 Å². The molecule has 0 saturated carbocycles. The lowest BCUT2D eigenvalue weighted by atomic mass is 9.65. The molecular formula is C25H38N2. The van der Waals surface area contributed by atoms with Gasteiger partial charge in [0.25, 0.3) is 0 Å². The van der Waals surface area contributed by atoms with Crippen LogP contribution in [0.5, 0.6) is 0 Å². The van der Waals surface area contributed by atoms with Gasteiger partial charge in [0.1, 0.15) is 0 Å². The van der Waals surface area contributed by atoms with Crippen LogP contribution in [0.25, 0.3) is 5.57 Å². The molecule has 2 saturated heterocycles. The summed E-state index contributed by atoms with van der Waals surface area (Å²) in [7, 11) is 0. The van der Waals surface area contributed by atoms with Gasteiger partial charge in [-0.3, -0.25) is 4.90 Å². The number of allylic oxidation sites excluding steroid dienone is 2. The van der Waals surface area contributed by atoms with Crippen molar-refractivity contribution in [1.82, 2.24) is 4.90 Å². The van der Waals surface area contributed by atoms with Gasteiger partial charge in [-0.15, -0.1) is 0 Å². The van der Waals surface area contributed by atoms with Gasteiger partial charge >= 0.3 is 0 Å². The minimum Gasteiger partial charge on any atom is -0.365 e. The summed E-state index contributed by atoms with van der Waals surface area (Å²) in [5.41, 5.74) is 5.20. The van der Waals surface area contributed by atoms with E-state index in [0.29, 0.717) is 11.5 Å². The lowest BCUT2D eigenvalue weighted by molar-refractivity contribution is 0.228. The van der Waals surface area contributed by atoms with Gasteiger partial charge < -0.3 is 4.90 Å². The quantitative estimate of drug-likeness (QED) is 0.632. The van der Waals surface area contributed by atoms with Crippen molar-refractivity contribution in [2.75, 3.05) is 24.5 Å². The number of fused-ring (bicyclic) bond motifs is 2. The highest BCUT2D eigenvalue weighted by Crippen LogP contribution is 2.49. The summed E-state index contributed by atoms with van der Waals surface area (Å²) in [4.78, 5) is 5.48. The van der Waals surface area contributed by atoms with Gasteiger partial charge in [0.2, 0.25) is 0 Å². The smallest absolute Gasteiger partial charge is 0.0446 e. The molecule has 1 aromatic rings. The average molecular weight is 367 g/mol. The van der Waals surface area contributed by atoms with Gasteiger partial charge in [-0.1, -0.05) is 65.3 Å². The summed E-state index contributed by atoms with van der Waals surface area (Å²) >= 11 is 0. The van der Waals surface area contributed by atoms with E-state index in [4.69, 9.17) is 0 Å². The highest BCUT2D eigenvalue weighted by molar-refractivity contribution is 5.79. The van der Waals surface area contributed by atoms with E-state index in [1.807, 2.05) is 0 Å². The van der Waals surface area contributed by atoms with Crippen molar-refractivity contribution >= 4 is 11.3 Å². The second-order valence-electron chi connectivity index (χ2n) is 10.7. The molecule has 2 heteroatoms. The molecule has 1 aromatic carbocycles. The number of para-hydroxylation sites is 1. The number of anilines is 1. The lowest BCUT2D eigenvalue weighted by Crippen LogP contribution is -2.47. The van der Waals surface area contributed by atoms with Crippen molar-refractivity contribution in [3.05, 3.63) is 35.9 Å². The first kappa shape index (κ1) is 19.1. The molecule has 0 N–H and O–H groups in total.